The molecule has 0 fully saturated rings. The fourth-order valence-corrected chi connectivity index (χ4v) is 2.35. The van der Waals surface area contributed by atoms with Gasteiger partial charge in [-0.25, -0.2) is 0 Å². The Kier molecular flexibility index (Phi) is 3.02. The van der Waals surface area contributed by atoms with E-state index in [0.29, 0.717) is 13.1 Å². The van der Waals surface area contributed by atoms with Gasteiger partial charge in [-0.1, -0.05) is 22.0 Å². The summed E-state index contributed by atoms with van der Waals surface area (Å²) in [6, 6.07) is 5.64. The Morgan fingerprint density at radius 1 is 1.12 bits per heavy atom. The largest absolute Gasteiger partial charge is 0.406 e. The zero-order chi connectivity index (χ0) is 12.8. The van der Waals surface area contributed by atoms with Crippen molar-refractivity contribution in [1.29, 1.82) is 0 Å². The predicted molar refractivity (Wildman–Crippen MR) is 63.5 cm³/mol. The summed E-state index contributed by atoms with van der Waals surface area (Å²) < 4.78 is 39.7. The monoisotopic (exact) mass is 307 g/mol. The van der Waals surface area contributed by atoms with Gasteiger partial charge in [0.2, 0.25) is 0 Å². The van der Waals surface area contributed by atoms with Gasteiger partial charge < -0.3 is 0 Å². The maximum Gasteiger partial charge on any atom is 0.406 e. The Hall–Kier alpha value is -0.550. The molecule has 0 N–H and O–H groups in total. The van der Waals surface area contributed by atoms with Gasteiger partial charge in [0.15, 0.2) is 0 Å². The molecule has 0 aromatic heterocycles. The van der Waals surface area contributed by atoms with Crippen LogP contribution in [0.1, 0.15) is 25.0 Å². The zero-order valence-corrected chi connectivity index (χ0v) is 11.2. The average molecular weight is 308 g/mol. The van der Waals surface area contributed by atoms with Crippen molar-refractivity contribution in [1.82, 2.24) is 4.90 Å². The van der Waals surface area contributed by atoms with Gasteiger partial charge in [-0.05, 0) is 37.1 Å². The molecule has 0 atom stereocenters. The molecule has 0 spiro atoms. The Balaban J connectivity index is 2.26. The van der Waals surface area contributed by atoms with E-state index in [1.54, 1.807) is 0 Å². The first-order valence-corrected chi connectivity index (χ1v) is 6.10. The van der Waals surface area contributed by atoms with Crippen molar-refractivity contribution >= 4 is 15.9 Å². The third kappa shape index (κ3) is 2.22. The minimum atomic E-state index is -4.22. The number of hydrogen-bond acceptors (Lipinski definition) is 1. The molecule has 1 nitrogen and oxygen atoms in total. The van der Waals surface area contributed by atoms with Crippen LogP contribution in [0, 0.1) is 0 Å². The van der Waals surface area contributed by atoms with E-state index in [9.17, 15) is 13.2 Å². The van der Waals surface area contributed by atoms with E-state index in [4.69, 9.17) is 0 Å². The topological polar surface area (TPSA) is 3.24 Å². The van der Waals surface area contributed by atoms with Gasteiger partial charge >= 0.3 is 6.18 Å². The lowest BCUT2D eigenvalue weighted by Gasteiger charge is -2.36. The first kappa shape index (κ1) is 12.9. The molecular weight excluding hydrogens is 295 g/mol. The van der Waals surface area contributed by atoms with Crippen molar-refractivity contribution in [2.45, 2.75) is 38.7 Å². The van der Waals surface area contributed by atoms with Crippen LogP contribution in [0.25, 0.3) is 0 Å². The van der Waals surface area contributed by atoms with Crippen molar-refractivity contribution < 1.29 is 13.2 Å². The molecule has 0 saturated heterocycles. The molecule has 5 heteroatoms. The Morgan fingerprint density at radius 2 is 1.71 bits per heavy atom. The third-order valence-corrected chi connectivity index (χ3v) is 3.87. The summed E-state index contributed by atoms with van der Waals surface area (Å²) in [6.07, 6.45) is -4.22. The molecule has 0 radical (unpaired) electrons. The lowest BCUT2D eigenvalue weighted by atomic mass is 10.0. The van der Waals surface area contributed by atoms with E-state index in [1.165, 1.54) is 18.7 Å². The van der Waals surface area contributed by atoms with Gasteiger partial charge in [-0.2, -0.15) is 13.2 Å². The molecule has 94 valence electrons. The number of halogens is 4. The SMILES string of the molecule is CC(C)(N1Cc2ccc(Br)cc2C1)C(F)(F)F. The fraction of sp³-hybridized carbons (Fsp3) is 0.500. The van der Waals surface area contributed by atoms with Crippen LogP contribution >= 0.6 is 15.9 Å². The molecule has 1 aromatic rings. The van der Waals surface area contributed by atoms with Crippen molar-refractivity contribution in [2.24, 2.45) is 0 Å². The second-order valence-corrected chi connectivity index (χ2v) is 5.74. The molecule has 17 heavy (non-hydrogen) atoms. The summed E-state index contributed by atoms with van der Waals surface area (Å²) in [5.74, 6) is 0. The van der Waals surface area contributed by atoms with Crippen molar-refractivity contribution in [2.75, 3.05) is 0 Å². The van der Waals surface area contributed by atoms with E-state index >= 15 is 0 Å². The quantitative estimate of drug-likeness (QED) is 0.755. The maximum absolute atomic E-state index is 12.9. The number of fused-ring (bicyclic) bond motifs is 1. The van der Waals surface area contributed by atoms with Gasteiger partial charge in [-0.3, -0.25) is 4.90 Å². The van der Waals surface area contributed by atoms with Crippen LogP contribution in [0.3, 0.4) is 0 Å². The molecular formula is C12H13BrF3N. The van der Waals surface area contributed by atoms with Crippen molar-refractivity contribution in [3.8, 4) is 0 Å². The number of rotatable bonds is 1. The molecule has 0 amide bonds. The molecule has 1 aromatic carbocycles. The summed E-state index contributed by atoms with van der Waals surface area (Å²) in [5.41, 5.74) is 0.153. The van der Waals surface area contributed by atoms with E-state index in [2.05, 4.69) is 15.9 Å². The molecule has 1 heterocycles. The number of hydrogen-bond donors (Lipinski definition) is 0. The van der Waals surface area contributed by atoms with E-state index in [1.807, 2.05) is 18.2 Å². The van der Waals surface area contributed by atoms with Crippen LogP contribution in [0.15, 0.2) is 22.7 Å². The highest BCUT2D eigenvalue weighted by Gasteiger charge is 2.52. The predicted octanol–water partition coefficient (Wildman–Crippen LogP) is 4.11. The lowest BCUT2D eigenvalue weighted by molar-refractivity contribution is -0.222. The second kappa shape index (κ2) is 3.99. The Bertz CT molecular complexity index is 440. The van der Waals surface area contributed by atoms with Gasteiger partial charge in [0.1, 0.15) is 5.54 Å². The number of alkyl halides is 3. The molecule has 0 bridgehead atoms. The van der Waals surface area contributed by atoms with E-state index in [-0.39, 0.29) is 0 Å². The van der Waals surface area contributed by atoms with Gasteiger partial charge in [0, 0.05) is 17.6 Å². The standard InChI is InChI=1S/C12H13BrF3N/c1-11(2,12(14,15)16)17-6-8-3-4-10(13)5-9(8)7-17/h3-5H,6-7H2,1-2H3. The first-order chi connectivity index (χ1) is 7.72. The minimum Gasteiger partial charge on any atom is -0.282 e. The van der Waals surface area contributed by atoms with Gasteiger partial charge in [0.25, 0.3) is 0 Å². The summed E-state index contributed by atoms with van der Waals surface area (Å²) in [5, 5.41) is 0. The average Bonchev–Trinajstić information content (AvgIpc) is 2.58. The highest BCUT2D eigenvalue weighted by atomic mass is 79.9. The smallest absolute Gasteiger partial charge is 0.282 e. The van der Waals surface area contributed by atoms with Crippen LogP contribution in [0.4, 0.5) is 13.2 Å². The van der Waals surface area contributed by atoms with Crippen LogP contribution in [0.2, 0.25) is 0 Å². The summed E-state index contributed by atoms with van der Waals surface area (Å²) >= 11 is 3.33. The summed E-state index contributed by atoms with van der Waals surface area (Å²) in [7, 11) is 0. The summed E-state index contributed by atoms with van der Waals surface area (Å²) in [4.78, 5) is 1.46. The van der Waals surface area contributed by atoms with Gasteiger partial charge in [0.05, 0.1) is 0 Å². The van der Waals surface area contributed by atoms with Crippen LogP contribution < -0.4 is 0 Å². The van der Waals surface area contributed by atoms with E-state index in [0.717, 1.165) is 15.6 Å². The summed E-state index contributed by atoms with van der Waals surface area (Å²) in [6.45, 7) is 3.16. The van der Waals surface area contributed by atoms with E-state index < -0.39 is 11.7 Å². The molecule has 2 rings (SSSR count). The Morgan fingerprint density at radius 3 is 2.29 bits per heavy atom. The molecule has 0 unspecified atom stereocenters. The highest BCUT2D eigenvalue weighted by Crippen LogP contribution is 2.40. The third-order valence-electron chi connectivity index (χ3n) is 3.38. The molecule has 1 aliphatic rings. The van der Waals surface area contributed by atoms with Crippen LogP contribution in [-0.2, 0) is 13.1 Å². The normalized spacial score (nSPS) is 17.3. The van der Waals surface area contributed by atoms with Gasteiger partial charge in [-0.15, -0.1) is 0 Å². The minimum absolute atomic E-state index is 0.348. The van der Waals surface area contributed by atoms with Crippen molar-refractivity contribution in [3.63, 3.8) is 0 Å². The van der Waals surface area contributed by atoms with Crippen LogP contribution in [0.5, 0.6) is 0 Å². The first-order valence-electron chi connectivity index (χ1n) is 5.31. The Labute approximate surface area is 107 Å². The fourth-order valence-electron chi connectivity index (χ4n) is 1.94. The highest BCUT2D eigenvalue weighted by molar-refractivity contribution is 9.10. The number of benzene rings is 1. The van der Waals surface area contributed by atoms with Crippen molar-refractivity contribution in [3.05, 3.63) is 33.8 Å². The van der Waals surface area contributed by atoms with Crippen LogP contribution in [-0.4, -0.2) is 16.6 Å². The lowest BCUT2D eigenvalue weighted by Crippen LogP contribution is -2.52. The second-order valence-electron chi connectivity index (χ2n) is 4.83. The zero-order valence-electron chi connectivity index (χ0n) is 9.61. The molecule has 0 aliphatic carbocycles. The molecule has 1 aliphatic heterocycles. The number of nitrogens with zero attached hydrogens (tertiary/aromatic N) is 1. The maximum atomic E-state index is 12.9. The molecule has 0 saturated carbocycles.